The van der Waals surface area contributed by atoms with Crippen LogP contribution in [0.5, 0.6) is 0 Å². The van der Waals surface area contributed by atoms with E-state index in [0.29, 0.717) is 25.2 Å². The summed E-state index contributed by atoms with van der Waals surface area (Å²) in [6.45, 7) is 10.9. The molecule has 2 amide bonds. The van der Waals surface area contributed by atoms with Gasteiger partial charge in [0.1, 0.15) is 6.54 Å². The Morgan fingerprint density at radius 2 is 1.60 bits per heavy atom. The van der Waals surface area contributed by atoms with Crippen LogP contribution in [0.4, 0.5) is 0 Å². The highest BCUT2D eigenvalue weighted by molar-refractivity contribution is 5.96. The SMILES string of the molecule is CCCCN(Cc1cccn1Cc1cccc(C)c1)C(=O)CN(CCC)C(=O)c1ccc(C)cc1. The maximum Gasteiger partial charge on any atom is 0.254 e. The minimum atomic E-state index is -0.0848. The second-order valence-corrected chi connectivity index (χ2v) is 9.38. The molecule has 3 rings (SSSR count). The summed E-state index contributed by atoms with van der Waals surface area (Å²) in [6.07, 6.45) is 4.82. The summed E-state index contributed by atoms with van der Waals surface area (Å²) in [5.74, 6) is -0.0888. The van der Waals surface area contributed by atoms with Crippen molar-refractivity contribution in [3.05, 3.63) is 94.8 Å². The van der Waals surface area contributed by atoms with Crippen molar-refractivity contribution in [2.45, 2.75) is 60.0 Å². The number of hydrogen-bond donors (Lipinski definition) is 0. The molecule has 0 saturated carbocycles. The van der Waals surface area contributed by atoms with Crippen LogP contribution in [-0.2, 0) is 17.9 Å². The number of carbonyl (C=O) groups excluding carboxylic acids is 2. The fourth-order valence-corrected chi connectivity index (χ4v) is 4.26. The van der Waals surface area contributed by atoms with Crippen molar-refractivity contribution in [1.82, 2.24) is 14.4 Å². The zero-order valence-corrected chi connectivity index (χ0v) is 21.7. The molecule has 186 valence electrons. The third-order valence-electron chi connectivity index (χ3n) is 6.25. The molecule has 35 heavy (non-hydrogen) atoms. The second kappa shape index (κ2) is 12.9. The van der Waals surface area contributed by atoms with Crippen LogP contribution in [0.3, 0.4) is 0 Å². The quantitative estimate of drug-likeness (QED) is 0.332. The van der Waals surface area contributed by atoms with E-state index >= 15 is 0 Å². The van der Waals surface area contributed by atoms with E-state index in [2.05, 4.69) is 54.9 Å². The Bertz CT molecular complexity index is 1100. The molecule has 0 unspecified atom stereocenters. The molecule has 3 aromatic rings. The molecule has 2 aromatic carbocycles. The highest BCUT2D eigenvalue weighted by atomic mass is 16.2. The molecular formula is C30H39N3O2. The molecular weight excluding hydrogens is 434 g/mol. The number of amides is 2. The number of unbranched alkanes of at least 4 members (excludes halogenated alkanes) is 1. The average Bonchev–Trinajstić information content (AvgIpc) is 3.27. The number of hydrogen-bond acceptors (Lipinski definition) is 2. The first-order chi connectivity index (χ1) is 16.9. The molecule has 0 aliphatic rings. The van der Waals surface area contributed by atoms with Gasteiger partial charge in [0.05, 0.1) is 6.54 Å². The minimum Gasteiger partial charge on any atom is -0.345 e. The normalized spacial score (nSPS) is 10.9. The topological polar surface area (TPSA) is 45.6 Å². The standard InChI is InChI=1S/C30H39N3O2/c1-5-7-18-32(22-28-12-9-19-31(28)21-26-11-8-10-25(4)20-26)29(34)23-33(17-6-2)30(35)27-15-13-24(3)14-16-27/h8-16,19-20H,5-7,17-18,21-23H2,1-4H3. The molecule has 0 spiro atoms. The lowest BCUT2D eigenvalue weighted by Gasteiger charge is -2.28. The second-order valence-electron chi connectivity index (χ2n) is 9.38. The van der Waals surface area contributed by atoms with Crippen LogP contribution >= 0.6 is 0 Å². The molecule has 0 aliphatic carbocycles. The van der Waals surface area contributed by atoms with E-state index in [1.807, 2.05) is 49.1 Å². The van der Waals surface area contributed by atoms with E-state index < -0.39 is 0 Å². The van der Waals surface area contributed by atoms with Crippen LogP contribution < -0.4 is 0 Å². The highest BCUT2D eigenvalue weighted by Gasteiger charge is 2.22. The molecule has 0 N–H and O–H groups in total. The van der Waals surface area contributed by atoms with Gasteiger partial charge in [0.15, 0.2) is 0 Å². The van der Waals surface area contributed by atoms with Crippen molar-refractivity contribution >= 4 is 11.8 Å². The summed E-state index contributed by atoms with van der Waals surface area (Å²) in [5.41, 5.74) is 5.32. The highest BCUT2D eigenvalue weighted by Crippen LogP contribution is 2.14. The van der Waals surface area contributed by atoms with Gasteiger partial charge < -0.3 is 14.4 Å². The van der Waals surface area contributed by atoms with Gasteiger partial charge in [0.25, 0.3) is 5.91 Å². The Morgan fingerprint density at radius 3 is 2.29 bits per heavy atom. The van der Waals surface area contributed by atoms with E-state index in [1.54, 1.807) is 4.90 Å². The van der Waals surface area contributed by atoms with Crippen LogP contribution in [0.25, 0.3) is 0 Å². The fraction of sp³-hybridized carbons (Fsp3) is 0.400. The van der Waals surface area contributed by atoms with Gasteiger partial charge in [-0.05, 0) is 56.5 Å². The monoisotopic (exact) mass is 473 g/mol. The lowest BCUT2D eigenvalue weighted by molar-refractivity contribution is -0.132. The Kier molecular flexibility index (Phi) is 9.71. The lowest BCUT2D eigenvalue weighted by Crippen LogP contribution is -2.43. The van der Waals surface area contributed by atoms with Gasteiger partial charge in [-0.15, -0.1) is 0 Å². The van der Waals surface area contributed by atoms with Crippen LogP contribution in [0.2, 0.25) is 0 Å². The van der Waals surface area contributed by atoms with Gasteiger partial charge in [-0.25, -0.2) is 0 Å². The first-order valence-electron chi connectivity index (χ1n) is 12.7. The molecule has 0 radical (unpaired) electrons. The van der Waals surface area contributed by atoms with E-state index in [0.717, 1.165) is 37.1 Å². The smallest absolute Gasteiger partial charge is 0.254 e. The number of aryl methyl sites for hydroxylation is 2. The van der Waals surface area contributed by atoms with Crippen LogP contribution in [0.1, 0.15) is 65.9 Å². The van der Waals surface area contributed by atoms with Gasteiger partial charge in [-0.1, -0.05) is 67.8 Å². The predicted molar refractivity (Wildman–Crippen MR) is 142 cm³/mol. The third-order valence-corrected chi connectivity index (χ3v) is 6.25. The van der Waals surface area contributed by atoms with E-state index in [-0.39, 0.29) is 18.4 Å². The Balaban J connectivity index is 1.74. The molecule has 0 saturated heterocycles. The van der Waals surface area contributed by atoms with Gasteiger partial charge in [0, 0.05) is 37.1 Å². The number of carbonyl (C=O) groups is 2. The first kappa shape index (κ1) is 26.3. The summed E-state index contributed by atoms with van der Waals surface area (Å²) in [6, 6.07) is 20.2. The predicted octanol–water partition coefficient (Wildman–Crippen LogP) is 5.83. The molecule has 0 fully saturated rings. The minimum absolute atomic E-state index is 0.00401. The van der Waals surface area contributed by atoms with Gasteiger partial charge in [0.2, 0.25) is 5.91 Å². The third kappa shape index (κ3) is 7.57. The van der Waals surface area contributed by atoms with Gasteiger partial charge in [-0.2, -0.15) is 0 Å². The van der Waals surface area contributed by atoms with Crippen LogP contribution in [0.15, 0.2) is 66.9 Å². The number of aromatic nitrogens is 1. The van der Waals surface area contributed by atoms with Gasteiger partial charge >= 0.3 is 0 Å². The van der Waals surface area contributed by atoms with Crippen molar-refractivity contribution in [3.63, 3.8) is 0 Å². The Labute approximate surface area is 210 Å². The maximum absolute atomic E-state index is 13.5. The largest absolute Gasteiger partial charge is 0.345 e. The molecule has 5 heteroatoms. The van der Waals surface area contributed by atoms with Crippen molar-refractivity contribution in [3.8, 4) is 0 Å². The first-order valence-corrected chi connectivity index (χ1v) is 12.7. The van der Waals surface area contributed by atoms with E-state index in [9.17, 15) is 9.59 Å². The molecule has 1 aromatic heterocycles. The van der Waals surface area contributed by atoms with Crippen molar-refractivity contribution in [2.24, 2.45) is 0 Å². The zero-order chi connectivity index (χ0) is 25.2. The van der Waals surface area contributed by atoms with Crippen LogP contribution in [-0.4, -0.2) is 45.8 Å². The summed E-state index contributed by atoms with van der Waals surface area (Å²) in [5, 5.41) is 0. The number of benzene rings is 2. The number of rotatable bonds is 12. The molecule has 0 bridgehead atoms. The molecule has 0 atom stereocenters. The number of nitrogens with zero attached hydrogens (tertiary/aromatic N) is 3. The summed E-state index contributed by atoms with van der Waals surface area (Å²) >= 11 is 0. The summed E-state index contributed by atoms with van der Waals surface area (Å²) in [7, 11) is 0. The average molecular weight is 474 g/mol. The molecule has 1 heterocycles. The van der Waals surface area contributed by atoms with E-state index in [4.69, 9.17) is 0 Å². The summed E-state index contributed by atoms with van der Waals surface area (Å²) < 4.78 is 2.21. The Hall–Kier alpha value is -3.34. The molecule has 0 aliphatic heterocycles. The molecule has 5 nitrogen and oxygen atoms in total. The fourth-order valence-electron chi connectivity index (χ4n) is 4.26. The lowest BCUT2D eigenvalue weighted by atomic mass is 10.1. The van der Waals surface area contributed by atoms with Crippen molar-refractivity contribution < 1.29 is 9.59 Å². The van der Waals surface area contributed by atoms with Crippen molar-refractivity contribution in [2.75, 3.05) is 19.6 Å². The summed E-state index contributed by atoms with van der Waals surface area (Å²) in [4.78, 5) is 30.3. The van der Waals surface area contributed by atoms with E-state index in [1.165, 1.54) is 11.1 Å². The van der Waals surface area contributed by atoms with Crippen molar-refractivity contribution in [1.29, 1.82) is 0 Å². The maximum atomic E-state index is 13.5. The Morgan fingerprint density at radius 1 is 0.829 bits per heavy atom. The zero-order valence-electron chi connectivity index (χ0n) is 21.7. The van der Waals surface area contributed by atoms with Gasteiger partial charge in [-0.3, -0.25) is 9.59 Å². The van der Waals surface area contributed by atoms with Crippen LogP contribution in [0, 0.1) is 13.8 Å².